The lowest BCUT2D eigenvalue weighted by molar-refractivity contribution is 0.701. The van der Waals surface area contributed by atoms with Crippen molar-refractivity contribution in [2.24, 2.45) is 0 Å². The zero-order valence-electron chi connectivity index (χ0n) is 19.0. The van der Waals surface area contributed by atoms with Gasteiger partial charge in [0.25, 0.3) is 0 Å². The predicted molar refractivity (Wildman–Crippen MR) is 139 cm³/mol. The summed E-state index contributed by atoms with van der Waals surface area (Å²) in [6, 6.07) is 23.2. The molecule has 4 atom stereocenters. The molecule has 0 bridgehead atoms. The van der Waals surface area contributed by atoms with Crippen molar-refractivity contribution in [3.63, 3.8) is 0 Å². The first-order chi connectivity index (χ1) is 14.7. The van der Waals surface area contributed by atoms with Gasteiger partial charge < -0.3 is 0 Å². The van der Waals surface area contributed by atoms with Crippen LogP contribution in [0.1, 0.15) is 78.1 Å². The first kappa shape index (κ1) is 22.5. The molecule has 2 aromatic carbocycles. The molecule has 0 heterocycles. The van der Waals surface area contributed by atoms with Gasteiger partial charge in [0.15, 0.2) is 0 Å². The van der Waals surface area contributed by atoms with Crippen LogP contribution in [0, 0.1) is 0 Å². The maximum absolute atomic E-state index is 2.59. The molecule has 30 heavy (non-hydrogen) atoms. The Labute approximate surface area is 187 Å². The Balaban J connectivity index is 1.45. The van der Waals surface area contributed by atoms with Gasteiger partial charge >= 0.3 is 0 Å². The lowest BCUT2D eigenvalue weighted by Gasteiger charge is -2.34. The number of benzene rings is 2. The summed E-state index contributed by atoms with van der Waals surface area (Å²) in [5.74, 6) is 0. The largest absolute Gasteiger partial charge is 0.0692 e. The van der Waals surface area contributed by atoms with Gasteiger partial charge in [-0.05, 0) is 71.8 Å². The summed E-state index contributed by atoms with van der Waals surface area (Å²) in [4.78, 5) is 0. The molecule has 0 aromatic heterocycles. The molecule has 2 heteroatoms. The highest BCUT2D eigenvalue weighted by Gasteiger charge is 2.33. The van der Waals surface area contributed by atoms with Gasteiger partial charge in [0, 0.05) is 0 Å². The fraction of sp³-hybridized carbons (Fsp3) is 0.571. The topological polar surface area (TPSA) is 0 Å². The molecule has 2 fully saturated rings. The highest BCUT2D eigenvalue weighted by atomic mass is 31.1. The molecule has 0 nitrogen and oxygen atoms in total. The zero-order valence-corrected chi connectivity index (χ0v) is 20.8. The van der Waals surface area contributed by atoms with Crippen molar-refractivity contribution in [2.75, 3.05) is 0 Å². The van der Waals surface area contributed by atoms with Gasteiger partial charge in [-0.25, -0.2) is 0 Å². The van der Waals surface area contributed by atoms with Crippen LogP contribution in [0.2, 0.25) is 0 Å². The van der Waals surface area contributed by atoms with Gasteiger partial charge in [0.1, 0.15) is 0 Å². The standard InChI is InChI=1S/C28H40P2/c1-23(29(27-17-9-10-18-27)25-13-5-3-6-14-25)21-22-24(2)30(28-19-11-12-20-28)26-15-7-4-8-16-26/h3-8,13-16,23-24,27-28H,9-12,17-22H2,1-2H3. The molecule has 2 aliphatic rings. The average molecular weight is 439 g/mol. The van der Waals surface area contributed by atoms with Gasteiger partial charge in [0.05, 0.1) is 0 Å². The van der Waals surface area contributed by atoms with Gasteiger partial charge in [-0.15, -0.1) is 0 Å². The van der Waals surface area contributed by atoms with Gasteiger partial charge in [0.2, 0.25) is 0 Å². The molecule has 0 radical (unpaired) electrons. The highest BCUT2D eigenvalue weighted by molar-refractivity contribution is 7.67. The van der Waals surface area contributed by atoms with Crippen LogP contribution in [0.5, 0.6) is 0 Å². The van der Waals surface area contributed by atoms with Crippen LogP contribution in [-0.2, 0) is 0 Å². The van der Waals surface area contributed by atoms with Crippen LogP contribution in [0.15, 0.2) is 60.7 Å². The quantitative estimate of drug-likeness (QED) is 0.348. The minimum Gasteiger partial charge on any atom is -0.0692 e. The molecule has 4 unspecified atom stereocenters. The van der Waals surface area contributed by atoms with Crippen LogP contribution in [0.25, 0.3) is 0 Å². The van der Waals surface area contributed by atoms with Crippen LogP contribution >= 0.6 is 15.8 Å². The minimum absolute atomic E-state index is 0.0253. The number of hydrogen-bond acceptors (Lipinski definition) is 0. The summed E-state index contributed by atoms with van der Waals surface area (Å²) < 4.78 is 0. The second-order valence-electron chi connectivity index (χ2n) is 9.64. The van der Waals surface area contributed by atoms with Gasteiger partial charge in [-0.1, -0.05) is 116 Å². The van der Waals surface area contributed by atoms with Gasteiger partial charge in [-0.3, -0.25) is 0 Å². The van der Waals surface area contributed by atoms with E-state index in [1.165, 1.54) is 64.2 Å². The summed E-state index contributed by atoms with van der Waals surface area (Å²) in [7, 11) is -0.0506. The molecule has 2 aromatic rings. The Morgan fingerprint density at radius 3 is 1.27 bits per heavy atom. The van der Waals surface area contributed by atoms with Crippen molar-refractivity contribution < 1.29 is 0 Å². The van der Waals surface area contributed by atoms with Crippen molar-refractivity contribution in [3.8, 4) is 0 Å². The third-order valence-electron chi connectivity index (χ3n) is 7.50. The summed E-state index contributed by atoms with van der Waals surface area (Å²) in [6.07, 6.45) is 14.5. The molecule has 0 spiro atoms. The Kier molecular flexibility index (Phi) is 8.43. The molecule has 2 aliphatic carbocycles. The maximum atomic E-state index is 2.59. The van der Waals surface area contributed by atoms with E-state index in [0.29, 0.717) is 0 Å². The third-order valence-corrected chi connectivity index (χ3v) is 14.3. The molecular weight excluding hydrogens is 398 g/mol. The second-order valence-corrected chi connectivity index (χ2v) is 15.5. The predicted octanol–water partition coefficient (Wildman–Crippen LogP) is 8.04. The van der Waals surface area contributed by atoms with E-state index < -0.39 is 0 Å². The third kappa shape index (κ3) is 5.56. The lowest BCUT2D eigenvalue weighted by atomic mass is 10.2. The monoisotopic (exact) mass is 438 g/mol. The Morgan fingerprint density at radius 2 is 0.933 bits per heavy atom. The molecule has 0 N–H and O–H groups in total. The van der Waals surface area contributed by atoms with Crippen molar-refractivity contribution in [1.29, 1.82) is 0 Å². The smallest absolute Gasteiger partial charge is 0.0167 e. The van der Waals surface area contributed by atoms with E-state index in [4.69, 9.17) is 0 Å². The molecule has 0 aliphatic heterocycles. The SMILES string of the molecule is CC(CCC(C)P(c1ccccc1)C1CCCC1)P(c1ccccc1)C1CCCC1. The van der Waals surface area contributed by atoms with E-state index in [9.17, 15) is 0 Å². The summed E-state index contributed by atoms with van der Waals surface area (Å²) in [6.45, 7) is 5.17. The van der Waals surface area contributed by atoms with Crippen LogP contribution in [-0.4, -0.2) is 22.6 Å². The van der Waals surface area contributed by atoms with Crippen molar-refractivity contribution in [3.05, 3.63) is 60.7 Å². The molecular formula is C28H40P2. The first-order valence-corrected chi connectivity index (χ1v) is 15.4. The van der Waals surface area contributed by atoms with E-state index in [0.717, 1.165) is 22.6 Å². The highest BCUT2D eigenvalue weighted by Crippen LogP contribution is 2.56. The molecule has 0 saturated heterocycles. The van der Waals surface area contributed by atoms with E-state index in [2.05, 4.69) is 74.5 Å². The van der Waals surface area contributed by atoms with Crippen LogP contribution < -0.4 is 10.6 Å². The number of hydrogen-bond donors (Lipinski definition) is 0. The van der Waals surface area contributed by atoms with Crippen LogP contribution in [0.4, 0.5) is 0 Å². The minimum atomic E-state index is -0.0253. The Bertz CT molecular complexity index is 666. The molecule has 2 saturated carbocycles. The normalized spacial score (nSPS) is 22.1. The Morgan fingerprint density at radius 1 is 0.600 bits per heavy atom. The van der Waals surface area contributed by atoms with Crippen molar-refractivity contribution in [1.82, 2.24) is 0 Å². The molecule has 4 rings (SSSR count). The number of rotatable bonds is 9. The first-order valence-electron chi connectivity index (χ1n) is 12.4. The van der Waals surface area contributed by atoms with Crippen molar-refractivity contribution >= 4 is 26.5 Å². The van der Waals surface area contributed by atoms with E-state index in [1.807, 2.05) is 0 Å². The summed E-state index contributed by atoms with van der Waals surface area (Å²) in [5, 5.41) is 3.33. The Hall–Kier alpha value is -0.700. The maximum Gasteiger partial charge on any atom is -0.0167 e. The fourth-order valence-electron chi connectivity index (χ4n) is 5.98. The van der Waals surface area contributed by atoms with Crippen LogP contribution in [0.3, 0.4) is 0 Å². The van der Waals surface area contributed by atoms with Gasteiger partial charge in [-0.2, -0.15) is 0 Å². The van der Waals surface area contributed by atoms with E-state index in [1.54, 1.807) is 10.6 Å². The van der Waals surface area contributed by atoms with E-state index in [-0.39, 0.29) is 15.8 Å². The molecule has 162 valence electrons. The lowest BCUT2D eigenvalue weighted by Crippen LogP contribution is -2.22. The second kappa shape index (κ2) is 11.2. The van der Waals surface area contributed by atoms with Crippen molar-refractivity contribution in [2.45, 2.75) is 101 Å². The molecule has 0 amide bonds. The average Bonchev–Trinajstić information content (AvgIpc) is 3.49. The summed E-state index contributed by atoms with van der Waals surface area (Å²) in [5.41, 5.74) is 3.64. The van der Waals surface area contributed by atoms with E-state index >= 15 is 0 Å². The fourth-order valence-corrected chi connectivity index (χ4v) is 13.0. The summed E-state index contributed by atoms with van der Waals surface area (Å²) >= 11 is 0. The zero-order chi connectivity index (χ0) is 20.8.